The molecule has 3 heteroatoms. The number of hydrogen-bond acceptors (Lipinski definition) is 3. The quantitative estimate of drug-likeness (QED) is 0.639. The average molecular weight is 186 g/mol. The Morgan fingerprint density at radius 2 is 1.62 bits per heavy atom. The molecule has 76 valence electrons. The van der Waals surface area contributed by atoms with Gasteiger partial charge in [-0.2, -0.15) is 0 Å². The van der Waals surface area contributed by atoms with Crippen molar-refractivity contribution < 1.29 is 14.9 Å². The Labute approximate surface area is 78.7 Å². The third kappa shape index (κ3) is 1.87. The summed E-state index contributed by atoms with van der Waals surface area (Å²) < 4.78 is 5.10. The molecule has 0 aromatic carbocycles. The minimum absolute atomic E-state index is 0.0660. The summed E-state index contributed by atoms with van der Waals surface area (Å²) in [6.45, 7) is 1.44. The zero-order valence-electron chi connectivity index (χ0n) is 7.85. The van der Waals surface area contributed by atoms with E-state index in [4.69, 9.17) is 4.74 Å². The monoisotopic (exact) mass is 186 g/mol. The topological polar surface area (TPSA) is 49.7 Å². The summed E-state index contributed by atoms with van der Waals surface area (Å²) in [6.07, 6.45) is 3.69. The van der Waals surface area contributed by atoms with E-state index in [1.165, 1.54) is 25.7 Å². The lowest BCUT2D eigenvalue weighted by Gasteiger charge is -2.38. The van der Waals surface area contributed by atoms with Crippen LogP contribution in [0.4, 0.5) is 0 Å². The highest BCUT2D eigenvalue weighted by atomic mass is 16.5. The maximum atomic E-state index is 9.31. The SMILES string of the molecule is OC(O)C(C1CCCC1)C1COC1. The second-order valence-corrected chi connectivity index (χ2v) is 4.33. The van der Waals surface area contributed by atoms with Crippen molar-refractivity contribution in [3.63, 3.8) is 0 Å². The summed E-state index contributed by atoms with van der Waals surface area (Å²) in [5.74, 6) is 0.980. The van der Waals surface area contributed by atoms with Crippen LogP contribution in [0, 0.1) is 17.8 Å². The van der Waals surface area contributed by atoms with E-state index < -0.39 is 6.29 Å². The van der Waals surface area contributed by atoms with Crippen molar-refractivity contribution in [2.75, 3.05) is 13.2 Å². The first-order chi connectivity index (χ1) is 6.29. The van der Waals surface area contributed by atoms with Crippen LogP contribution in [0.1, 0.15) is 25.7 Å². The molecule has 1 aliphatic heterocycles. The Kier molecular flexibility index (Phi) is 2.86. The molecule has 1 aliphatic carbocycles. The molecule has 1 saturated carbocycles. The van der Waals surface area contributed by atoms with Crippen LogP contribution in [0.25, 0.3) is 0 Å². The highest BCUT2D eigenvalue weighted by Crippen LogP contribution is 2.39. The molecule has 0 amide bonds. The largest absolute Gasteiger partial charge is 0.381 e. The molecule has 13 heavy (non-hydrogen) atoms. The highest BCUT2D eigenvalue weighted by molar-refractivity contribution is 4.84. The van der Waals surface area contributed by atoms with E-state index in [1.54, 1.807) is 0 Å². The van der Waals surface area contributed by atoms with Crippen molar-refractivity contribution in [3.05, 3.63) is 0 Å². The van der Waals surface area contributed by atoms with Gasteiger partial charge < -0.3 is 14.9 Å². The Morgan fingerprint density at radius 1 is 1.00 bits per heavy atom. The number of ether oxygens (including phenoxy) is 1. The number of rotatable bonds is 3. The van der Waals surface area contributed by atoms with Crippen LogP contribution in [0.5, 0.6) is 0 Å². The van der Waals surface area contributed by atoms with Crippen molar-refractivity contribution in [3.8, 4) is 0 Å². The fourth-order valence-corrected chi connectivity index (χ4v) is 2.69. The summed E-state index contributed by atoms with van der Waals surface area (Å²) in [6, 6.07) is 0. The molecule has 2 fully saturated rings. The second-order valence-electron chi connectivity index (χ2n) is 4.33. The van der Waals surface area contributed by atoms with Gasteiger partial charge in [-0.25, -0.2) is 0 Å². The van der Waals surface area contributed by atoms with Gasteiger partial charge in [0.2, 0.25) is 0 Å². The van der Waals surface area contributed by atoms with Gasteiger partial charge in [0.15, 0.2) is 6.29 Å². The van der Waals surface area contributed by atoms with E-state index in [0.717, 1.165) is 13.2 Å². The van der Waals surface area contributed by atoms with Crippen LogP contribution in [0.15, 0.2) is 0 Å². The molecule has 2 aliphatic rings. The molecule has 0 bridgehead atoms. The molecule has 0 aromatic rings. The van der Waals surface area contributed by atoms with Gasteiger partial charge in [-0.3, -0.25) is 0 Å². The van der Waals surface area contributed by atoms with E-state index in [0.29, 0.717) is 11.8 Å². The van der Waals surface area contributed by atoms with Gasteiger partial charge in [0.1, 0.15) is 0 Å². The molecule has 1 atom stereocenters. The molecule has 1 heterocycles. The van der Waals surface area contributed by atoms with Crippen molar-refractivity contribution in [2.24, 2.45) is 17.8 Å². The van der Waals surface area contributed by atoms with Gasteiger partial charge in [0, 0.05) is 11.8 Å². The van der Waals surface area contributed by atoms with Crippen LogP contribution in [0.3, 0.4) is 0 Å². The van der Waals surface area contributed by atoms with Crippen molar-refractivity contribution in [1.29, 1.82) is 0 Å². The molecule has 0 radical (unpaired) electrons. The predicted octanol–water partition coefficient (Wildman–Crippen LogP) is 0.750. The summed E-state index contributed by atoms with van der Waals surface area (Å²) in [5.41, 5.74) is 0. The van der Waals surface area contributed by atoms with Crippen LogP contribution in [0.2, 0.25) is 0 Å². The van der Waals surface area contributed by atoms with Gasteiger partial charge in [-0.15, -0.1) is 0 Å². The minimum atomic E-state index is -1.14. The van der Waals surface area contributed by atoms with Crippen molar-refractivity contribution in [1.82, 2.24) is 0 Å². The average Bonchev–Trinajstić information content (AvgIpc) is 2.46. The van der Waals surface area contributed by atoms with Gasteiger partial charge in [-0.1, -0.05) is 12.8 Å². The smallest absolute Gasteiger partial charge is 0.154 e. The lowest BCUT2D eigenvalue weighted by molar-refractivity contribution is -0.169. The lowest BCUT2D eigenvalue weighted by Crippen LogP contribution is -2.43. The number of hydrogen-bond donors (Lipinski definition) is 2. The maximum Gasteiger partial charge on any atom is 0.154 e. The molecule has 0 aromatic heterocycles. The minimum Gasteiger partial charge on any atom is -0.381 e. The van der Waals surface area contributed by atoms with E-state index in [9.17, 15) is 10.2 Å². The molecule has 1 saturated heterocycles. The van der Waals surface area contributed by atoms with Gasteiger partial charge >= 0.3 is 0 Å². The van der Waals surface area contributed by atoms with Crippen LogP contribution in [-0.2, 0) is 4.74 Å². The summed E-state index contributed by atoms with van der Waals surface area (Å²) in [4.78, 5) is 0. The standard InChI is InChI=1S/C10H18O3/c11-10(12)9(8-5-13-6-8)7-3-1-2-4-7/h7-12H,1-6H2. The van der Waals surface area contributed by atoms with Gasteiger partial charge in [0.05, 0.1) is 13.2 Å². The maximum absolute atomic E-state index is 9.31. The third-order valence-electron chi connectivity index (χ3n) is 3.50. The van der Waals surface area contributed by atoms with Crippen LogP contribution < -0.4 is 0 Å². The molecule has 3 nitrogen and oxygen atoms in total. The fraction of sp³-hybridized carbons (Fsp3) is 1.00. The zero-order chi connectivity index (χ0) is 9.26. The van der Waals surface area contributed by atoms with Gasteiger partial charge in [0.25, 0.3) is 0 Å². The molecule has 2 N–H and O–H groups in total. The van der Waals surface area contributed by atoms with Crippen molar-refractivity contribution >= 4 is 0 Å². The summed E-state index contributed by atoms with van der Waals surface area (Å²) in [7, 11) is 0. The third-order valence-corrected chi connectivity index (χ3v) is 3.50. The lowest BCUT2D eigenvalue weighted by atomic mass is 9.79. The molecular weight excluding hydrogens is 168 g/mol. The summed E-state index contributed by atoms with van der Waals surface area (Å²) >= 11 is 0. The molecular formula is C10H18O3. The van der Waals surface area contributed by atoms with Crippen molar-refractivity contribution in [2.45, 2.75) is 32.0 Å². The molecule has 1 unspecified atom stereocenters. The first-order valence-corrected chi connectivity index (χ1v) is 5.23. The van der Waals surface area contributed by atoms with E-state index in [1.807, 2.05) is 0 Å². The Balaban J connectivity index is 1.94. The second kappa shape index (κ2) is 3.95. The highest BCUT2D eigenvalue weighted by Gasteiger charge is 2.39. The molecule has 0 spiro atoms. The predicted molar refractivity (Wildman–Crippen MR) is 48.0 cm³/mol. The first-order valence-electron chi connectivity index (χ1n) is 5.23. The fourth-order valence-electron chi connectivity index (χ4n) is 2.69. The van der Waals surface area contributed by atoms with E-state index in [-0.39, 0.29) is 5.92 Å². The normalized spacial score (nSPS) is 27.9. The zero-order valence-corrected chi connectivity index (χ0v) is 7.85. The number of aliphatic hydroxyl groups excluding tert-OH is 1. The van der Waals surface area contributed by atoms with Gasteiger partial charge in [-0.05, 0) is 18.8 Å². The van der Waals surface area contributed by atoms with Crippen LogP contribution in [-0.4, -0.2) is 29.7 Å². The Bertz CT molecular complexity index is 160. The Hall–Kier alpha value is -0.120. The number of aliphatic hydroxyl groups is 2. The van der Waals surface area contributed by atoms with E-state index in [2.05, 4.69) is 0 Å². The Morgan fingerprint density at radius 3 is 2.00 bits per heavy atom. The summed E-state index contributed by atoms with van der Waals surface area (Å²) in [5, 5.41) is 18.6. The molecule has 2 rings (SSSR count). The van der Waals surface area contributed by atoms with Crippen LogP contribution >= 0.6 is 0 Å². The first kappa shape index (κ1) is 9.44. The van der Waals surface area contributed by atoms with E-state index >= 15 is 0 Å².